The van der Waals surface area contributed by atoms with Crippen molar-refractivity contribution in [3.05, 3.63) is 68.6 Å². The van der Waals surface area contributed by atoms with Crippen molar-refractivity contribution in [2.24, 2.45) is 0 Å². The van der Waals surface area contributed by atoms with Crippen LogP contribution in [0.2, 0.25) is 0 Å². The second-order valence-corrected chi connectivity index (χ2v) is 8.82. The minimum Gasteiger partial charge on any atom is -0.396 e. The highest BCUT2D eigenvalue weighted by molar-refractivity contribution is 8.18. The third-order valence-electron chi connectivity index (χ3n) is 4.42. The third kappa shape index (κ3) is 5.55. The predicted molar refractivity (Wildman–Crippen MR) is 123 cm³/mol. The summed E-state index contributed by atoms with van der Waals surface area (Å²) >= 11 is 1.82. The molecular formula is C21H19N3O6S2. The van der Waals surface area contributed by atoms with E-state index in [1.165, 1.54) is 18.2 Å². The number of para-hydroxylation sites is 1. The Morgan fingerprint density at radius 2 is 2.03 bits per heavy atom. The van der Waals surface area contributed by atoms with E-state index in [4.69, 9.17) is 5.11 Å². The van der Waals surface area contributed by atoms with E-state index < -0.39 is 28.5 Å². The van der Waals surface area contributed by atoms with Gasteiger partial charge in [-0.3, -0.25) is 29.4 Å². The maximum absolute atomic E-state index is 12.7. The number of nitro groups is 1. The van der Waals surface area contributed by atoms with Crippen LogP contribution in [-0.4, -0.2) is 50.9 Å². The molecule has 0 radical (unpaired) electrons. The molecule has 166 valence electrons. The van der Waals surface area contributed by atoms with Crippen LogP contribution in [0.25, 0.3) is 6.08 Å². The van der Waals surface area contributed by atoms with Crippen LogP contribution in [0.3, 0.4) is 0 Å². The van der Waals surface area contributed by atoms with E-state index in [-0.39, 0.29) is 17.2 Å². The van der Waals surface area contributed by atoms with Crippen LogP contribution in [0.4, 0.5) is 16.2 Å². The standard InChI is InChI=1S/C21H19N3O6S2/c1-13-4-2-3-5-15(13)22-19(26)12-23-20(27)18(32-21(23)28)11-14-6-7-17(31-9-8-25)16(10-14)24(29)30/h2-7,10-11,25H,8-9,12H2,1H3,(H,22,26). The number of aryl methyl sites for hydroxylation is 1. The molecular weight excluding hydrogens is 454 g/mol. The van der Waals surface area contributed by atoms with Gasteiger partial charge >= 0.3 is 0 Å². The van der Waals surface area contributed by atoms with Gasteiger partial charge in [0.1, 0.15) is 6.54 Å². The van der Waals surface area contributed by atoms with E-state index in [1.54, 1.807) is 18.2 Å². The van der Waals surface area contributed by atoms with E-state index >= 15 is 0 Å². The number of imide groups is 1. The fourth-order valence-corrected chi connectivity index (χ4v) is 4.47. The lowest BCUT2D eigenvalue weighted by atomic mass is 10.2. The van der Waals surface area contributed by atoms with E-state index in [9.17, 15) is 24.5 Å². The first-order valence-corrected chi connectivity index (χ1v) is 11.2. The fourth-order valence-electron chi connectivity index (χ4n) is 2.88. The Morgan fingerprint density at radius 3 is 2.72 bits per heavy atom. The maximum atomic E-state index is 12.7. The van der Waals surface area contributed by atoms with Crippen LogP contribution >= 0.6 is 23.5 Å². The quantitative estimate of drug-likeness (QED) is 0.257. The number of rotatable bonds is 8. The smallest absolute Gasteiger partial charge is 0.294 e. The van der Waals surface area contributed by atoms with Gasteiger partial charge in [0, 0.05) is 17.5 Å². The third-order valence-corrected chi connectivity index (χ3v) is 6.37. The van der Waals surface area contributed by atoms with Crippen molar-refractivity contribution in [1.29, 1.82) is 0 Å². The first kappa shape index (κ1) is 23.5. The predicted octanol–water partition coefficient (Wildman–Crippen LogP) is 3.66. The zero-order valence-corrected chi connectivity index (χ0v) is 18.6. The molecule has 1 aliphatic rings. The van der Waals surface area contributed by atoms with Crippen molar-refractivity contribution in [3.63, 3.8) is 0 Å². The molecule has 0 atom stereocenters. The highest BCUT2D eigenvalue weighted by Gasteiger charge is 2.36. The van der Waals surface area contributed by atoms with Gasteiger partial charge in [-0.25, -0.2) is 0 Å². The average molecular weight is 474 g/mol. The molecule has 2 aromatic rings. The molecule has 1 aliphatic heterocycles. The number of amides is 3. The zero-order valence-electron chi connectivity index (χ0n) is 16.9. The summed E-state index contributed by atoms with van der Waals surface area (Å²) in [7, 11) is 0. The maximum Gasteiger partial charge on any atom is 0.294 e. The summed E-state index contributed by atoms with van der Waals surface area (Å²) in [6.07, 6.45) is 1.39. The van der Waals surface area contributed by atoms with Crippen molar-refractivity contribution >= 4 is 58.0 Å². The summed E-state index contributed by atoms with van der Waals surface area (Å²) in [5.74, 6) is -0.839. The molecule has 0 unspecified atom stereocenters. The molecule has 1 fully saturated rings. The summed E-state index contributed by atoms with van der Waals surface area (Å²) in [5.41, 5.74) is 1.65. The number of hydrogen-bond acceptors (Lipinski definition) is 8. The highest BCUT2D eigenvalue weighted by atomic mass is 32.2. The van der Waals surface area contributed by atoms with Crippen molar-refractivity contribution < 1.29 is 24.4 Å². The van der Waals surface area contributed by atoms with Gasteiger partial charge in [0.2, 0.25) is 5.91 Å². The molecule has 3 rings (SSSR count). The fraction of sp³-hybridized carbons (Fsp3) is 0.190. The molecule has 0 spiro atoms. The largest absolute Gasteiger partial charge is 0.396 e. The number of hydrogen-bond donors (Lipinski definition) is 2. The van der Waals surface area contributed by atoms with Crippen LogP contribution in [-0.2, 0) is 9.59 Å². The second kappa shape index (κ2) is 10.4. The van der Waals surface area contributed by atoms with Gasteiger partial charge in [-0.05, 0) is 48.0 Å². The van der Waals surface area contributed by atoms with Crippen molar-refractivity contribution in [1.82, 2.24) is 4.90 Å². The molecule has 0 bridgehead atoms. The van der Waals surface area contributed by atoms with Gasteiger partial charge in [-0.1, -0.05) is 24.3 Å². The van der Waals surface area contributed by atoms with Crippen molar-refractivity contribution in [3.8, 4) is 0 Å². The number of carbonyl (C=O) groups is 3. The number of nitrogens with zero attached hydrogens (tertiary/aromatic N) is 2. The van der Waals surface area contributed by atoms with Crippen molar-refractivity contribution in [2.45, 2.75) is 11.8 Å². The molecule has 0 aliphatic carbocycles. The SMILES string of the molecule is Cc1ccccc1NC(=O)CN1C(=O)SC(=Cc2ccc(SCCO)c([N+](=O)[O-])c2)C1=O. The number of aliphatic hydroxyl groups is 1. The van der Waals surface area contributed by atoms with Gasteiger partial charge in [-0.15, -0.1) is 11.8 Å². The number of nitro benzene ring substituents is 1. The number of benzene rings is 2. The summed E-state index contributed by atoms with van der Waals surface area (Å²) < 4.78 is 0. The van der Waals surface area contributed by atoms with Gasteiger partial charge < -0.3 is 10.4 Å². The van der Waals surface area contributed by atoms with Crippen LogP contribution in [0.1, 0.15) is 11.1 Å². The highest BCUT2D eigenvalue weighted by Crippen LogP contribution is 2.35. The monoisotopic (exact) mass is 473 g/mol. The number of anilines is 1. The number of aliphatic hydroxyl groups excluding tert-OH is 1. The summed E-state index contributed by atoms with van der Waals surface area (Å²) in [4.78, 5) is 49.4. The molecule has 11 heteroatoms. The number of thioether (sulfide) groups is 2. The van der Waals surface area contributed by atoms with Gasteiger partial charge in [-0.2, -0.15) is 0 Å². The molecule has 3 amide bonds. The Hall–Kier alpha value is -3.15. The number of nitrogens with one attached hydrogen (secondary N) is 1. The van der Waals surface area contributed by atoms with Crippen LogP contribution in [0.5, 0.6) is 0 Å². The second-order valence-electron chi connectivity index (χ2n) is 6.69. The summed E-state index contributed by atoms with van der Waals surface area (Å²) in [6, 6.07) is 11.6. The van der Waals surface area contributed by atoms with Gasteiger partial charge in [0.15, 0.2) is 0 Å². The van der Waals surface area contributed by atoms with Gasteiger partial charge in [0.05, 0.1) is 21.3 Å². The molecule has 1 heterocycles. The Labute approximate surface area is 192 Å². The summed E-state index contributed by atoms with van der Waals surface area (Å²) in [6.45, 7) is 1.27. The van der Waals surface area contributed by atoms with Crippen LogP contribution < -0.4 is 5.32 Å². The summed E-state index contributed by atoms with van der Waals surface area (Å²) in [5, 5.41) is 22.4. The Balaban J connectivity index is 1.75. The lowest BCUT2D eigenvalue weighted by molar-refractivity contribution is -0.387. The van der Waals surface area contributed by atoms with Gasteiger partial charge in [0.25, 0.3) is 16.8 Å². The zero-order chi connectivity index (χ0) is 23.3. The Morgan fingerprint density at radius 1 is 1.28 bits per heavy atom. The lowest BCUT2D eigenvalue weighted by Gasteiger charge is -2.13. The number of carbonyl (C=O) groups excluding carboxylic acids is 3. The molecule has 0 saturated carbocycles. The molecule has 32 heavy (non-hydrogen) atoms. The first-order valence-electron chi connectivity index (χ1n) is 9.43. The Bertz CT molecular complexity index is 1120. The normalized spacial score (nSPS) is 14.8. The minimum absolute atomic E-state index is 0.0729. The van der Waals surface area contributed by atoms with E-state index in [1.807, 2.05) is 19.1 Å². The molecule has 9 nitrogen and oxygen atoms in total. The molecule has 0 aromatic heterocycles. The lowest BCUT2D eigenvalue weighted by Crippen LogP contribution is -2.36. The topological polar surface area (TPSA) is 130 Å². The molecule has 1 saturated heterocycles. The Kier molecular flexibility index (Phi) is 7.67. The minimum atomic E-state index is -0.638. The van der Waals surface area contributed by atoms with Crippen molar-refractivity contribution in [2.75, 3.05) is 24.2 Å². The molecule has 2 N–H and O–H groups in total. The van der Waals surface area contributed by atoms with E-state index in [0.29, 0.717) is 33.7 Å². The van der Waals surface area contributed by atoms with Crippen LogP contribution in [0.15, 0.2) is 52.3 Å². The van der Waals surface area contributed by atoms with Crippen LogP contribution in [0, 0.1) is 17.0 Å². The van der Waals surface area contributed by atoms with E-state index in [2.05, 4.69) is 5.32 Å². The van der Waals surface area contributed by atoms with E-state index in [0.717, 1.165) is 22.2 Å². The average Bonchev–Trinajstić information content (AvgIpc) is 3.01. The first-order chi connectivity index (χ1) is 15.3. The molecule has 2 aromatic carbocycles.